The van der Waals surface area contributed by atoms with Gasteiger partial charge in [-0.15, -0.1) is 0 Å². The van der Waals surface area contributed by atoms with Crippen LogP contribution in [0.4, 0.5) is 25.8 Å². The molecule has 4 rings (SSSR count). The van der Waals surface area contributed by atoms with Gasteiger partial charge in [-0.05, 0) is 29.8 Å². The fraction of sp³-hybridized carbons (Fsp3) is 0.185. The molecule has 0 fully saturated rings. The number of benzene rings is 2. The average molecular weight is 491 g/mol. The molecule has 0 aliphatic rings. The lowest BCUT2D eigenvalue weighted by atomic mass is 9.79. The van der Waals surface area contributed by atoms with E-state index in [1.165, 1.54) is 6.20 Å². The molecule has 36 heavy (non-hydrogen) atoms. The predicted octanol–water partition coefficient (Wildman–Crippen LogP) is 4.31. The molecule has 4 aromatic rings. The van der Waals surface area contributed by atoms with Crippen LogP contribution in [0, 0.1) is 17.0 Å². The molecule has 0 radical (unpaired) electrons. The van der Waals surface area contributed by atoms with Gasteiger partial charge < -0.3 is 16.0 Å². The zero-order valence-corrected chi connectivity index (χ0v) is 19.6. The molecule has 0 aliphatic carbocycles. The van der Waals surface area contributed by atoms with E-state index in [1.807, 2.05) is 44.2 Å². The Morgan fingerprint density at radius 1 is 0.944 bits per heavy atom. The Morgan fingerprint density at radius 2 is 1.61 bits per heavy atom. The van der Waals surface area contributed by atoms with Crippen molar-refractivity contribution < 1.29 is 13.6 Å². The van der Waals surface area contributed by atoms with Crippen molar-refractivity contribution in [3.8, 4) is 0 Å². The number of hydrogen-bond acceptors (Lipinski definition) is 6. The molecule has 1 unspecified atom stereocenters. The van der Waals surface area contributed by atoms with E-state index in [4.69, 9.17) is 0 Å². The minimum atomic E-state index is -0.850. The second-order valence-electron chi connectivity index (χ2n) is 9.09. The molecule has 0 aliphatic heterocycles. The molecule has 3 N–H and O–H groups in total. The first kappa shape index (κ1) is 24.7. The average Bonchev–Trinajstić information content (AvgIpc) is 2.87. The van der Waals surface area contributed by atoms with Gasteiger partial charge in [-0.3, -0.25) is 19.4 Å². The smallest absolute Gasteiger partial charge is 0.253 e. The lowest BCUT2D eigenvalue weighted by Gasteiger charge is -2.37. The van der Waals surface area contributed by atoms with Crippen LogP contribution in [-0.4, -0.2) is 17.4 Å². The molecule has 1 atom stereocenters. The zero-order chi connectivity index (χ0) is 25.9. The van der Waals surface area contributed by atoms with E-state index < -0.39 is 39.9 Å². The number of rotatable bonds is 9. The molecule has 0 bridgehead atoms. The topological polar surface area (TPSA) is 100 Å². The first-order valence-electron chi connectivity index (χ1n) is 11.2. The normalized spacial score (nSPS) is 12.2. The number of carbonyl (C=O) groups is 1. The minimum absolute atomic E-state index is 0.0946. The van der Waals surface area contributed by atoms with E-state index in [1.54, 1.807) is 18.3 Å². The van der Waals surface area contributed by atoms with Gasteiger partial charge in [0.15, 0.2) is 0 Å². The van der Waals surface area contributed by atoms with Crippen LogP contribution in [0.25, 0.3) is 0 Å². The van der Waals surface area contributed by atoms with Gasteiger partial charge in [0.25, 0.3) is 16.8 Å². The van der Waals surface area contributed by atoms with Gasteiger partial charge in [0.1, 0.15) is 23.0 Å². The Morgan fingerprint density at radius 3 is 2.25 bits per heavy atom. The lowest BCUT2D eigenvalue weighted by Crippen LogP contribution is -2.43. The van der Waals surface area contributed by atoms with Crippen molar-refractivity contribution >= 4 is 23.0 Å². The van der Waals surface area contributed by atoms with Crippen LogP contribution >= 0.6 is 0 Å². The third-order valence-electron chi connectivity index (χ3n) is 5.87. The number of hydrogen-bond donors (Lipinski definition) is 3. The molecule has 1 heterocycles. The Hall–Kier alpha value is -4.40. The number of pyridine rings is 1. The number of nitrogens with zero attached hydrogens (tertiary/aromatic N) is 1. The predicted molar refractivity (Wildman–Crippen MR) is 134 cm³/mol. The second kappa shape index (κ2) is 10.1. The van der Waals surface area contributed by atoms with Gasteiger partial charge in [-0.25, -0.2) is 8.78 Å². The molecule has 9 heteroatoms. The van der Waals surface area contributed by atoms with E-state index in [-0.39, 0.29) is 23.5 Å². The van der Waals surface area contributed by atoms with E-state index >= 15 is 0 Å². The first-order valence-corrected chi connectivity index (χ1v) is 11.2. The second-order valence-corrected chi connectivity index (χ2v) is 9.09. The lowest BCUT2D eigenvalue weighted by molar-refractivity contribution is 0.0931. The molecule has 184 valence electrons. The third kappa shape index (κ3) is 5.30. The Balaban J connectivity index is 1.59. The van der Waals surface area contributed by atoms with Crippen LogP contribution < -0.4 is 26.8 Å². The van der Waals surface area contributed by atoms with Crippen molar-refractivity contribution in [3.63, 3.8) is 0 Å². The summed E-state index contributed by atoms with van der Waals surface area (Å²) >= 11 is 0. The SMILES string of the molecule is CC(C)(CNC(=O)c1cc(F)cc(F)c1)C(Nc1c(Nc2cccnc2)c(=O)c1=O)c1ccccc1. The zero-order valence-electron chi connectivity index (χ0n) is 19.6. The maximum atomic E-state index is 13.6. The summed E-state index contributed by atoms with van der Waals surface area (Å²) in [6.07, 6.45) is 3.12. The number of anilines is 3. The van der Waals surface area contributed by atoms with Crippen molar-refractivity contribution in [2.75, 3.05) is 17.2 Å². The van der Waals surface area contributed by atoms with Crippen LogP contribution in [-0.2, 0) is 0 Å². The molecule has 0 spiro atoms. The summed E-state index contributed by atoms with van der Waals surface area (Å²) in [6.45, 7) is 3.82. The third-order valence-corrected chi connectivity index (χ3v) is 5.87. The molecule has 0 saturated heterocycles. The van der Waals surface area contributed by atoms with E-state index in [9.17, 15) is 23.2 Å². The van der Waals surface area contributed by atoms with Crippen molar-refractivity contribution in [2.45, 2.75) is 19.9 Å². The molecule has 1 amide bonds. The van der Waals surface area contributed by atoms with Gasteiger partial charge in [0.05, 0.1) is 17.9 Å². The Kier molecular flexibility index (Phi) is 6.91. The van der Waals surface area contributed by atoms with Crippen molar-refractivity contribution in [1.29, 1.82) is 0 Å². The summed E-state index contributed by atoms with van der Waals surface area (Å²) in [7, 11) is 0. The summed E-state index contributed by atoms with van der Waals surface area (Å²) < 4.78 is 27.1. The summed E-state index contributed by atoms with van der Waals surface area (Å²) in [5.74, 6) is -2.34. The van der Waals surface area contributed by atoms with Crippen LogP contribution in [0.15, 0.2) is 82.6 Å². The quantitative estimate of drug-likeness (QED) is 0.303. The Labute approximate surface area is 205 Å². The Bertz CT molecular complexity index is 1430. The van der Waals surface area contributed by atoms with Crippen LogP contribution in [0.2, 0.25) is 0 Å². The maximum Gasteiger partial charge on any atom is 0.253 e. The number of halogens is 2. The van der Waals surface area contributed by atoms with Crippen molar-refractivity contribution in [3.05, 3.63) is 116 Å². The van der Waals surface area contributed by atoms with Crippen LogP contribution in [0.1, 0.15) is 35.8 Å². The fourth-order valence-corrected chi connectivity index (χ4v) is 3.95. The van der Waals surface area contributed by atoms with Gasteiger partial charge in [-0.1, -0.05) is 44.2 Å². The monoisotopic (exact) mass is 490 g/mol. The fourth-order valence-electron chi connectivity index (χ4n) is 3.95. The van der Waals surface area contributed by atoms with Gasteiger partial charge >= 0.3 is 0 Å². The molecular weight excluding hydrogens is 466 g/mol. The largest absolute Gasteiger partial charge is 0.373 e. The first-order chi connectivity index (χ1) is 17.2. The van der Waals surface area contributed by atoms with E-state index in [0.29, 0.717) is 11.8 Å². The number of aromatic nitrogens is 1. The molecule has 3 aromatic carbocycles. The highest BCUT2D eigenvalue weighted by Crippen LogP contribution is 2.37. The summed E-state index contributed by atoms with van der Waals surface area (Å²) in [5, 5.41) is 8.86. The van der Waals surface area contributed by atoms with Gasteiger partial charge in [0, 0.05) is 29.8 Å². The van der Waals surface area contributed by atoms with E-state index in [0.717, 1.165) is 17.7 Å². The summed E-state index contributed by atoms with van der Waals surface area (Å²) in [5.41, 5.74) is -0.531. The van der Waals surface area contributed by atoms with Gasteiger partial charge in [0.2, 0.25) is 0 Å². The number of nitrogens with one attached hydrogen (secondary N) is 3. The summed E-state index contributed by atoms with van der Waals surface area (Å²) in [6, 6.07) is 14.8. The number of carbonyl (C=O) groups excluding carboxylic acids is 1. The highest BCUT2D eigenvalue weighted by molar-refractivity contribution is 5.94. The van der Waals surface area contributed by atoms with Crippen molar-refractivity contribution in [2.24, 2.45) is 5.41 Å². The van der Waals surface area contributed by atoms with Crippen LogP contribution in [0.3, 0.4) is 0 Å². The minimum Gasteiger partial charge on any atom is -0.373 e. The highest BCUT2D eigenvalue weighted by Gasteiger charge is 2.34. The van der Waals surface area contributed by atoms with Crippen molar-refractivity contribution in [1.82, 2.24) is 10.3 Å². The molecule has 0 saturated carbocycles. The van der Waals surface area contributed by atoms with Crippen LogP contribution in [0.5, 0.6) is 0 Å². The molecular formula is C27H24F2N4O3. The summed E-state index contributed by atoms with van der Waals surface area (Å²) in [4.78, 5) is 41.4. The van der Waals surface area contributed by atoms with Gasteiger partial charge in [-0.2, -0.15) is 0 Å². The number of amides is 1. The van der Waals surface area contributed by atoms with E-state index in [2.05, 4.69) is 20.9 Å². The molecule has 1 aromatic heterocycles. The highest BCUT2D eigenvalue weighted by atomic mass is 19.1. The molecule has 7 nitrogen and oxygen atoms in total. The standard InChI is InChI=1S/C27H24F2N4O3/c1-27(2,15-31-26(36)17-11-18(28)13-19(29)12-17)25(16-7-4-3-5-8-16)33-22-21(23(34)24(22)35)32-20-9-6-10-30-14-20/h3-14,25,32-33H,15H2,1-2H3,(H,31,36). The maximum absolute atomic E-state index is 13.6.